The second kappa shape index (κ2) is 5.47. The second-order valence-corrected chi connectivity index (χ2v) is 4.60. The molecule has 3 rings (SSSR count). The standard InChI is InChI=1S/C15H13F2NO3/c16-15(17)21-13-4-2-1-3-11(13)18-12-8-20-14-7-9(19)5-6-10(12)14/h1-7,12,15,18-19H,8H2. The fourth-order valence-electron chi connectivity index (χ4n) is 2.29. The van der Waals surface area contributed by atoms with Crippen LogP contribution in [-0.4, -0.2) is 18.3 Å². The number of phenols is 1. The molecule has 4 nitrogen and oxygen atoms in total. The summed E-state index contributed by atoms with van der Waals surface area (Å²) in [6.45, 7) is -2.53. The number of anilines is 1. The van der Waals surface area contributed by atoms with Gasteiger partial charge in [-0.25, -0.2) is 0 Å². The average molecular weight is 293 g/mol. The molecule has 0 aliphatic carbocycles. The number of rotatable bonds is 4. The van der Waals surface area contributed by atoms with Gasteiger partial charge in [0.2, 0.25) is 0 Å². The molecule has 0 radical (unpaired) electrons. The maximum atomic E-state index is 12.4. The molecule has 0 saturated carbocycles. The first-order valence-electron chi connectivity index (χ1n) is 6.39. The molecule has 0 spiro atoms. The number of ether oxygens (including phenoxy) is 2. The maximum Gasteiger partial charge on any atom is 0.387 e. The molecule has 110 valence electrons. The highest BCUT2D eigenvalue weighted by atomic mass is 19.3. The van der Waals surface area contributed by atoms with E-state index in [0.717, 1.165) is 5.56 Å². The summed E-state index contributed by atoms with van der Waals surface area (Å²) in [6, 6.07) is 11.1. The molecule has 6 heteroatoms. The molecule has 2 N–H and O–H groups in total. The van der Waals surface area contributed by atoms with Crippen LogP contribution in [0.1, 0.15) is 11.6 Å². The van der Waals surface area contributed by atoms with Gasteiger partial charge in [-0.1, -0.05) is 12.1 Å². The van der Waals surface area contributed by atoms with Crippen LogP contribution < -0.4 is 14.8 Å². The predicted octanol–water partition coefficient (Wildman–Crippen LogP) is 3.54. The van der Waals surface area contributed by atoms with Gasteiger partial charge in [-0.05, 0) is 24.3 Å². The first-order valence-corrected chi connectivity index (χ1v) is 6.39. The smallest absolute Gasteiger partial charge is 0.387 e. The SMILES string of the molecule is Oc1ccc2c(c1)OCC2Nc1ccccc1OC(F)F. The number of halogens is 2. The molecule has 1 unspecified atom stereocenters. The van der Waals surface area contributed by atoms with Gasteiger partial charge in [-0.15, -0.1) is 0 Å². The molecule has 0 amide bonds. The van der Waals surface area contributed by atoms with Crippen LogP contribution in [0.15, 0.2) is 42.5 Å². The minimum atomic E-state index is -2.88. The van der Waals surface area contributed by atoms with Crippen LogP contribution in [0.25, 0.3) is 0 Å². The molecule has 1 aliphatic heterocycles. The Balaban J connectivity index is 1.83. The summed E-state index contributed by atoms with van der Waals surface area (Å²) in [5.41, 5.74) is 1.33. The highest BCUT2D eigenvalue weighted by Gasteiger charge is 2.25. The van der Waals surface area contributed by atoms with E-state index in [-0.39, 0.29) is 17.5 Å². The van der Waals surface area contributed by atoms with Gasteiger partial charge in [0.05, 0.1) is 11.7 Å². The van der Waals surface area contributed by atoms with Gasteiger partial charge in [-0.3, -0.25) is 0 Å². The van der Waals surface area contributed by atoms with Crippen LogP contribution in [0.4, 0.5) is 14.5 Å². The van der Waals surface area contributed by atoms with Gasteiger partial charge in [0.25, 0.3) is 0 Å². The van der Waals surface area contributed by atoms with Crippen LogP contribution >= 0.6 is 0 Å². The fraction of sp³-hybridized carbons (Fsp3) is 0.200. The molecule has 21 heavy (non-hydrogen) atoms. The zero-order valence-corrected chi connectivity index (χ0v) is 10.9. The molecule has 0 saturated heterocycles. The Kier molecular flexibility index (Phi) is 3.51. The van der Waals surface area contributed by atoms with Crippen molar-refractivity contribution in [3.63, 3.8) is 0 Å². The van der Waals surface area contributed by atoms with Crippen LogP contribution in [0, 0.1) is 0 Å². The predicted molar refractivity (Wildman–Crippen MR) is 73.0 cm³/mol. The summed E-state index contributed by atoms with van der Waals surface area (Å²) in [5, 5.41) is 12.5. The molecule has 0 bridgehead atoms. The number of hydrogen-bond donors (Lipinski definition) is 2. The van der Waals surface area contributed by atoms with Crippen molar-refractivity contribution in [3.8, 4) is 17.2 Å². The van der Waals surface area contributed by atoms with E-state index in [0.29, 0.717) is 18.0 Å². The lowest BCUT2D eigenvalue weighted by atomic mass is 10.1. The zero-order valence-electron chi connectivity index (χ0n) is 10.9. The summed E-state index contributed by atoms with van der Waals surface area (Å²) < 4.78 is 34.7. The molecule has 1 aliphatic rings. The third kappa shape index (κ3) is 2.84. The third-order valence-corrected chi connectivity index (χ3v) is 3.21. The molecular weight excluding hydrogens is 280 g/mol. The number of hydrogen-bond acceptors (Lipinski definition) is 4. The van der Waals surface area contributed by atoms with E-state index >= 15 is 0 Å². The van der Waals surface area contributed by atoms with Crippen LogP contribution in [0.5, 0.6) is 17.2 Å². The lowest BCUT2D eigenvalue weighted by molar-refractivity contribution is -0.0493. The van der Waals surface area contributed by atoms with E-state index in [1.165, 1.54) is 12.1 Å². The number of fused-ring (bicyclic) bond motifs is 1. The minimum Gasteiger partial charge on any atom is -0.508 e. The van der Waals surface area contributed by atoms with Crippen molar-refractivity contribution < 1.29 is 23.4 Å². The fourth-order valence-corrected chi connectivity index (χ4v) is 2.29. The van der Waals surface area contributed by atoms with E-state index in [1.807, 2.05) is 0 Å². The number of phenolic OH excluding ortho intramolecular Hbond substituents is 1. The number of benzene rings is 2. The van der Waals surface area contributed by atoms with Gasteiger partial charge >= 0.3 is 6.61 Å². The molecule has 2 aromatic rings. The van der Waals surface area contributed by atoms with E-state index < -0.39 is 6.61 Å². The normalized spacial score (nSPS) is 16.4. The van der Waals surface area contributed by atoms with Crippen molar-refractivity contribution in [2.45, 2.75) is 12.7 Å². The topological polar surface area (TPSA) is 50.7 Å². The molecule has 0 fully saturated rings. The summed E-state index contributed by atoms with van der Waals surface area (Å²) in [4.78, 5) is 0. The molecule has 1 atom stereocenters. The monoisotopic (exact) mass is 293 g/mol. The lowest BCUT2D eigenvalue weighted by Crippen LogP contribution is -2.13. The molecule has 0 aromatic heterocycles. The van der Waals surface area contributed by atoms with Crippen LogP contribution in [0.3, 0.4) is 0 Å². The van der Waals surface area contributed by atoms with Crippen LogP contribution in [0.2, 0.25) is 0 Å². The van der Waals surface area contributed by atoms with E-state index in [2.05, 4.69) is 10.1 Å². The Morgan fingerprint density at radius 1 is 1.24 bits per heavy atom. The minimum absolute atomic E-state index is 0.0831. The number of aromatic hydroxyl groups is 1. The quantitative estimate of drug-likeness (QED) is 0.905. The van der Waals surface area contributed by atoms with Crippen molar-refractivity contribution in [1.82, 2.24) is 0 Å². The highest BCUT2D eigenvalue weighted by Crippen LogP contribution is 2.38. The van der Waals surface area contributed by atoms with Crippen molar-refractivity contribution in [2.75, 3.05) is 11.9 Å². The van der Waals surface area contributed by atoms with Gasteiger partial charge in [-0.2, -0.15) is 8.78 Å². The van der Waals surface area contributed by atoms with E-state index in [1.54, 1.807) is 30.3 Å². The summed E-state index contributed by atoms with van der Waals surface area (Å²) in [6.07, 6.45) is 0. The Labute approximate surface area is 119 Å². The Bertz CT molecular complexity index is 649. The highest BCUT2D eigenvalue weighted by molar-refractivity contribution is 5.59. The summed E-state index contributed by atoms with van der Waals surface area (Å²) >= 11 is 0. The Morgan fingerprint density at radius 3 is 2.86 bits per heavy atom. The van der Waals surface area contributed by atoms with E-state index in [9.17, 15) is 13.9 Å². The Hall–Kier alpha value is -2.50. The largest absolute Gasteiger partial charge is 0.508 e. The first kappa shape index (κ1) is 13.5. The van der Waals surface area contributed by atoms with Gasteiger partial charge in [0, 0.05) is 11.6 Å². The van der Waals surface area contributed by atoms with Gasteiger partial charge in [0.1, 0.15) is 23.9 Å². The summed E-state index contributed by atoms with van der Waals surface area (Å²) in [7, 11) is 0. The number of nitrogens with one attached hydrogen (secondary N) is 1. The van der Waals surface area contributed by atoms with E-state index in [4.69, 9.17) is 4.74 Å². The molecule has 1 heterocycles. The van der Waals surface area contributed by atoms with Crippen molar-refractivity contribution in [1.29, 1.82) is 0 Å². The third-order valence-electron chi connectivity index (χ3n) is 3.21. The van der Waals surface area contributed by atoms with Crippen molar-refractivity contribution in [2.24, 2.45) is 0 Å². The summed E-state index contributed by atoms with van der Waals surface area (Å²) in [5.74, 6) is 0.787. The van der Waals surface area contributed by atoms with Gasteiger partial charge in [0.15, 0.2) is 0 Å². The maximum absolute atomic E-state index is 12.4. The number of alkyl halides is 2. The second-order valence-electron chi connectivity index (χ2n) is 4.60. The zero-order chi connectivity index (χ0) is 14.8. The Morgan fingerprint density at radius 2 is 2.05 bits per heavy atom. The molecule has 2 aromatic carbocycles. The number of para-hydroxylation sites is 2. The average Bonchev–Trinajstić information content (AvgIpc) is 2.83. The van der Waals surface area contributed by atoms with Crippen LogP contribution in [-0.2, 0) is 0 Å². The van der Waals surface area contributed by atoms with Crippen molar-refractivity contribution >= 4 is 5.69 Å². The molecular formula is C15H13F2NO3. The van der Waals surface area contributed by atoms with Crippen molar-refractivity contribution in [3.05, 3.63) is 48.0 Å². The first-order chi connectivity index (χ1) is 10.1. The van der Waals surface area contributed by atoms with Gasteiger partial charge < -0.3 is 19.9 Å². The lowest BCUT2D eigenvalue weighted by Gasteiger charge is -2.16.